The summed E-state index contributed by atoms with van der Waals surface area (Å²) >= 11 is 3.96. The van der Waals surface area contributed by atoms with Crippen LogP contribution >= 0.6 is 0 Å². The molecule has 0 aromatic heterocycles. The Balaban J connectivity index is 2.98. The predicted octanol–water partition coefficient (Wildman–Crippen LogP) is 4.41. The first-order valence-corrected chi connectivity index (χ1v) is 6.21. The Labute approximate surface area is 101 Å². The Hall–Kier alpha value is -0.306. The van der Waals surface area contributed by atoms with E-state index in [1.807, 2.05) is 0 Å². The molecular weight excluding hydrogens is 235 g/mol. The van der Waals surface area contributed by atoms with Gasteiger partial charge in [-0.15, -0.1) is 0 Å². The van der Waals surface area contributed by atoms with Crippen LogP contribution in [-0.2, 0) is 15.7 Å². The van der Waals surface area contributed by atoms with Crippen LogP contribution in [0.3, 0.4) is 0 Å². The molecule has 0 aromatic rings. The van der Waals surface area contributed by atoms with E-state index in [1.54, 1.807) is 0 Å². The molecule has 0 saturated carbocycles. The van der Waals surface area contributed by atoms with Crippen molar-refractivity contribution in [3.8, 4) is 0 Å². The fourth-order valence-electron chi connectivity index (χ4n) is 1.40. The van der Waals surface area contributed by atoms with Crippen LogP contribution in [0, 0.1) is 0 Å². The summed E-state index contributed by atoms with van der Waals surface area (Å²) in [7, 11) is 0. The summed E-state index contributed by atoms with van der Waals surface area (Å²) < 4.78 is 3.10. The molecule has 0 amide bonds. The van der Waals surface area contributed by atoms with Crippen LogP contribution in [0.1, 0.15) is 58.3 Å². The van der Waals surface area contributed by atoms with Crippen molar-refractivity contribution >= 4 is 0 Å². The maximum atomic E-state index is 3.96. The van der Waals surface area contributed by atoms with E-state index in [4.69, 9.17) is 0 Å². The molecule has 0 saturated heterocycles. The first-order chi connectivity index (χ1) is 7.41. The third-order valence-corrected chi connectivity index (χ3v) is 2.33. The summed E-state index contributed by atoms with van der Waals surface area (Å²) in [6, 6.07) is 0. The molecule has 0 aromatic carbocycles. The molecule has 0 bridgehead atoms. The van der Waals surface area contributed by atoms with Crippen molar-refractivity contribution in [2.45, 2.75) is 58.3 Å². The maximum absolute atomic E-state index is 3.96. The van der Waals surface area contributed by atoms with Gasteiger partial charge in [-0.2, -0.15) is 0 Å². The summed E-state index contributed by atoms with van der Waals surface area (Å²) in [5, 5.41) is 10.5. The van der Waals surface area contributed by atoms with Crippen LogP contribution in [0.5, 0.6) is 0 Å². The second-order valence-electron chi connectivity index (χ2n) is 3.58. The molecule has 0 fully saturated rings. The van der Waals surface area contributed by atoms with Crippen LogP contribution in [0.4, 0.5) is 0 Å². The minimum atomic E-state index is 0.744. The molecule has 5 heteroatoms. The summed E-state index contributed by atoms with van der Waals surface area (Å²) in [6.45, 7) is 2.99. The summed E-state index contributed by atoms with van der Waals surface area (Å²) in [4.78, 5) is 0. The van der Waals surface area contributed by atoms with Crippen molar-refractivity contribution in [3.05, 3.63) is 0 Å². The van der Waals surface area contributed by atoms with Crippen LogP contribution in [0.15, 0.2) is 19.8 Å². The van der Waals surface area contributed by atoms with Crippen LogP contribution < -0.4 is 0 Å². The quantitative estimate of drug-likeness (QED) is 0.240. The number of rotatable bonds is 10. The van der Waals surface area contributed by atoms with Gasteiger partial charge in [0.25, 0.3) is 0 Å². The Morgan fingerprint density at radius 2 is 1.40 bits per heavy atom. The van der Waals surface area contributed by atoms with Gasteiger partial charge in [0.05, 0.1) is 0 Å². The standard InChI is InChI=1S/C10H21N4.Ni/c1-2-3-4-5-6-7-8-9-10-12-14-13-11;/h2-10H2,1H3;/q-1;+1. The predicted molar refractivity (Wildman–Crippen MR) is 57.2 cm³/mol. The van der Waals surface area contributed by atoms with Gasteiger partial charge in [0.2, 0.25) is 0 Å². The molecule has 0 radical (unpaired) electrons. The second-order valence-corrected chi connectivity index (χ2v) is 3.78. The van der Waals surface area contributed by atoms with Crippen molar-refractivity contribution < 1.29 is 15.7 Å². The zero-order chi connectivity index (χ0) is 11.2. The normalized spacial score (nSPS) is 11.9. The third-order valence-electron chi connectivity index (χ3n) is 2.24. The molecule has 91 valence electrons. The number of hydrogen-bond donors (Lipinski definition) is 0. The molecule has 0 aliphatic carbocycles. The van der Waals surface area contributed by atoms with Crippen LogP contribution in [-0.4, -0.2) is 6.54 Å². The molecule has 0 unspecified atom stereocenters. The van der Waals surface area contributed by atoms with Gasteiger partial charge in [-0.25, -0.2) is 0 Å². The Kier molecular flexibility index (Phi) is 13.4. The minimum absolute atomic E-state index is 0.744. The SMILES string of the molecule is CCCCCCCCCCN=NN=[N][Ni]. The van der Waals surface area contributed by atoms with Gasteiger partial charge < -0.3 is 0 Å². The molecule has 0 spiro atoms. The van der Waals surface area contributed by atoms with E-state index in [2.05, 4.69) is 42.4 Å². The average Bonchev–Trinajstić information content (AvgIpc) is 2.26. The fourth-order valence-corrected chi connectivity index (χ4v) is 1.44. The molecule has 4 nitrogen and oxygen atoms in total. The zero-order valence-electron chi connectivity index (χ0n) is 9.47. The van der Waals surface area contributed by atoms with Gasteiger partial charge in [-0.1, -0.05) is 13.3 Å². The first kappa shape index (κ1) is 14.7. The van der Waals surface area contributed by atoms with Crippen molar-refractivity contribution in [1.29, 1.82) is 0 Å². The third kappa shape index (κ3) is 13.7. The van der Waals surface area contributed by atoms with Gasteiger partial charge in [-0.3, -0.25) is 0 Å². The van der Waals surface area contributed by atoms with E-state index in [0.29, 0.717) is 0 Å². The van der Waals surface area contributed by atoms with Gasteiger partial charge in [0.15, 0.2) is 0 Å². The molecule has 0 heterocycles. The molecule has 15 heavy (non-hydrogen) atoms. The van der Waals surface area contributed by atoms with Crippen molar-refractivity contribution in [2.24, 2.45) is 19.8 Å². The Morgan fingerprint density at radius 3 is 2.00 bits per heavy atom. The number of unbranched alkanes of at least 4 members (excludes halogenated alkanes) is 7. The monoisotopic (exact) mass is 255 g/mol. The van der Waals surface area contributed by atoms with Crippen molar-refractivity contribution in [2.75, 3.05) is 6.54 Å². The van der Waals surface area contributed by atoms with Crippen LogP contribution in [0.25, 0.3) is 0 Å². The van der Waals surface area contributed by atoms with Gasteiger partial charge in [-0.05, 0) is 0 Å². The van der Waals surface area contributed by atoms with E-state index in [9.17, 15) is 0 Å². The molecule has 0 atom stereocenters. The summed E-state index contributed by atoms with van der Waals surface area (Å²) in [6.07, 6.45) is 10.4. The van der Waals surface area contributed by atoms with Crippen molar-refractivity contribution in [3.63, 3.8) is 0 Å². The molecule has 0 rings (SSSR count). The Morgan fingerprint density at radius 1 is 0.800 bits per heavy atom. The zero-order valence-corrected chi connectivity index (χ0v) is 10.5. The van der Waals surface area contributed by atoms with E-state index in [1.165, 1.54) is 44.9 Å². The fraction of sp³-hybridized carbons (Fsp3) is 1.00. The average molecular weight is 256 g/mol. The molecule has 0 aliphatic heterocycles. The second kappa shape index (κ2) is 13.7. The van der Waals surface area contributed by atoms with Crippen molar-refractivity contribution in [1.82, 2.24) is 0 Å². The van der Waals surface area contributed by atoms with Gasteiger partial charge in [0, 0.05) is 0 Å². The first-order valence-electron chi connectivity index (χ1n) is 5.76. The topological polar surface area (TPSA) is 49.4 Å². The van der Waals surface area contributed by atoms with E-state index >= 15 is 0 Å². The van der Waals surface area contributed by atoms with E-state index < -0.39 is 0 Å². The summed E-state index contributed by atoms with van der Waals surface area (Å²) in [5.74, 6) is 0. The summed E-state index contributed by atoms with van der Waals surface area (Å²) in [5.41, 5.74) is 0. The Bertz CT molecular complexity index is 171. The number of hydrogen-bond acceptors (Lipinski definition) is 2. The molecular formula is C10H21N4Ni. The number of nitrogens with zero attached hydrogens (tertiary/aromatic N) is 4. The van der Waals surface area contributed by atoms with E-state index in [-0.39, 0.29) is 0 Å². The van der Waals surface area contributed by atoms with E-state index in [0.717, 1.165) is 13.0 Å². The molecule has 0 aliphatic rings. The van der Waals surface area contributed by atoms with Gasteiger partial charge in [0.1, 0.15) is 0 Å². The van der Waals surface area contributed by atoms with Crippen LogP contribution in [0.2, 0.25) is 0 Å². The molecule has 0 N–H and O–H groups in total. The van der Waals surface area contributed by atoms with Gasteiger partial charge >= 0.3 is 86.9 Å².